The van der Waals surface area contributed by atoms with E-state index in [4.69, 9.17) is 4.74 Å². The maximum Gasteiger partial charge on any atom is 0.213 e. The number of nitrogens with one attached hydrogen (secondary N) is 1. The van der Waals surface area contributed by atoms with E-state index in [2.05, 4.69) is 44.1 Å². The number of rotatable bonds is 9. The molecular formula is C18H32N2O. The monoisotopic (exact) mass is 292 g/mol. The van der Waals surface area contributed by atoms with Crippen LogP contribution >= 0.6 is 0 Å². The Kier molecular flexibility index (Phi) is 7.73. The summed E-state index contributed by atoms with van der Waals surface area (Å²) >= 11 is 0. The van der Waals surface area contributed by atoms with Gasteiger partial charge >= 0.3 is 0 Å². The van der Waals surface area contributed by atoms with Crippen molar-refractivity contribution in [1.82, 2.24) is 10.3 Å². The van der Waals surface area contributed by atoms with Gasteiger partial charge in [-0.3, -0.25) is 0 Å². The molecule has 1 rings (SSSR count). The van der Waals surface area contributed by atoms with Crippen molar-refractivity contribution >= 4 is 0 Å². The molecule has 1 aromatic rings. The van der Waals surface area contributed by atoms with E-state index in [0.29, 0.717) is 0 Å². The van der Waals surface area contributed by atoms with Gasteiger partial charge in [0, 0.05) is 23.8 Å². The highest BCUT2D eigenvalue weighted by molar-refractivity contribution is 5.25. The van der Waals surface area contributed by atoms with Gasteiger partial charge in [0.15, 0.2) is 0 Å². The highest BCUT2D eigenvalue weighted by Crippen LogP contribution is 2.14. The van der Waals surface area contributed by atoms with Crippen LogP contribution in [0.15, 0.2) is 12.1 Å². The van der Waals surface area contributed by atoms with Crippen LogP contribution in [0.1, 0.15) is 71.1 Å². The highest BCUT2D eigenvalue weighted by atomic mass is 16.5. The van der Waals surface area contributed by atoms with Crippen LogP contribution in [0.3, 0.4) is 0 Å². The molecule has 0 fully saturated rings. The van der Waals surface area contributed by atoms with Gasteiger partial charge in [-0.05, 0) is 39.7 Å². The Bertz CT molecular complexity index is 410. The smallest absolute Gasteiger partial charge is 0.213 e. The van der Waals surface area contributed by atoms with Gasteiger partial charge in [0.25, 0.3) is 0 Å². The molecule has 0 bridgehead atoms. The highest BCUT2D eigenvalue weighted by Gasteiger charge is 2.10. The van der Waals surface area contributed by atoms with E-state index >= 15 is 0 Å². The van der Waals surface area contributed by atoms with Gasteiger partial charge in [-0.25, -0.2) is 4.98 Å². The fourth-order valence-electron chi connectivity index (χ4n) is 2.08. The van der Waals surface area contributed by atoms with Crippen LogP contribution in [0, 0.1) is 6.92 Å². The first-order valence-corrected chi connectivity index (χ1v) is 8.26. The molecule has 0 radical (unpaired) electrons. The third kappa shape index (κ3) is 8.05. The molecule has 1 heterocycles. The lowest BCUT2D eigenvalue weighted by molar-refractivity contribution is 0.292. The van der Waals surface area contributed by atoms with Crippen molar-refractivity contribution in [3.63, 3.8) is 0 Å². The van der Waals surface area contributed by atoms with Crippen molar-refractivity contribution in [2.45, 2.75) is 78.8 Å². The van der Waals surface area contributed by atoms with Crippen LogP contribution in [-0.4, -0.2) is 17.1 Å². The molecule has 1 aromatic heterocycles. The van der Waals surface area contributed by atoms with Gasteiger partial charge in [-0.1, -0.05) is 38.7 Å². The summed E-state index contributed by atoms with van der Waals surface area (Å²) in [7, 11) is 0. The van der Waals surface area contributed by atoms with Crippen LogP contribution in [0.4, 0.5) is 0 Å². The van der Waals surface area contributed by atoms with Crippen molar-refractivity contribution in [3.05, 3.63) is 23.4 Å². The lowest BCUT2D eigenvalue weighted by atomic mass is 10.1. The van der Waals surface area contributed by atoms with Crippen LogP contribution < -0.4 is 10.1 Å². The predicted octanol–water partition coefficient (Wildman–Crippen LogP) is 4.63. The van der Waals surface area contributed by atoms with Gasteiger partial charge in [-0.15, -0.1) is 0 Å². The summed E-state index contributed by atoms with van der Waals surface area (Å²) < 4.78 is 5.74. The number of aryl methyl sites for hydroxylation is 1. The average molecular weight is 292 g/mol. The zero-order valence-electron chi connectivity index (χ0n) is 14.5. The summed E-state index contributed by atoms with van der Waals surface area (Å²) in [5, 5.41) is 3.49. The van der Waals surface area contributed by atoms with Crippen LogP contribution in [-0.2, 0) is 6.54 Å². The van der Waals surface area contributed by atoms with Gasteiger partial charge in [0.2, 0.25) is 5.88 Å². The van der Waals surface area contributed by atoms with E-state index in [1.54, 1.807) is 0 Å². The molecule has 1 N–H and O–H groups in total. The fraction of sp³-hybridized carbons (Fsp3) is 0.722. The average Bonchev–Trinajstić information content (AvgIpc) is 2.40. The molecule has 0 atom stereocenters. The van der Waals surface area contributed by atoms with Crippen molar-refractivity contribution < 1.29 is 4.74 Å². The Morgan fingerprint density at radius 3 is 2.43 bits per heavy atom. The molecule has 21 heavy (non-hydrogen) atoms. The number of aromatic nitrogens is 1. The number of pyridine rings is 1. The van der Waals surface area contributed by atoms with Crippen molar-refractivity contribution in [2.75, 3.05) is 6.61 Å². The largest absolute Gasteiger partial charge is 0.478 e. The summed E-state index contributed by atoms with van der Waals surface area (Å²) in [5.74, 6) is 0.752. The third-order valence-corrected chi connectivity index (χ3v) is 3.48. The van der Waals surface area contributed by atoms with Crippen molar-refractivity contribution in [1.29, 1.82) is 0 Å². The van der Waals surface area contributed by atoms with E-state index in [1.807, 2.05) is 13.0 Å². The Morgan fingerprint density at radius 2 is 1.81 bits per heavy atom. The van der Waals surface area contributed by atoms with Gasteiger partial charge in [0.1, 0.15) is 0 Å². The van der Waals surface area contributed by atoms with Crippen LogP contribution in [0.25, 0.3) is 0 Å². The van der Waals surface area contributed by atoms with Gasteiger partial charge in [-0.2, -0.15) is 0 Å². The summed E-state index contributed by atoms with van der Waals surface area (Å²) in [6, 6.07) is 4.10. The van der Waals surface area contributed by atoms with Crippen LogP contribution in [0.2, 0.25) is 0 Å². The minimum Gasteiger partial charge on any atom is -0.478 e. The number of ether oxygens (including phenoxy) is 1. The molecule has 0 unspecified atom stereocenters. The SMILES string of the molecule is CCCCCCCOc1ccc(CNC(C)(C)C)c(C)n1. The number of unbranched alkanes of at least 4 members (excludes halogenated alkanes) is 4. The molecule has 0 aromatic carbocycles. The Labute approximate surface area is 130 Å². The minimum atomic E-state index is 0.125. The number of hydrogen-bond acceptors (Lipinski definition) is 3. The first-order valence-electron chi connectivity index (χ1n) is 8.26. The molecule has 0 aliphatic carbocycles. The van der Waals surface area contributed by atoms with Crippen molar-refractivity contribution in [2.24, 2.45) is 0 Å². The lowest BCUT2D eigenvalue weighted by Gasteiger charge is -2.21. The Hall–Kier alpha value is -1.09. The minimum absolute atomic E-state index is 0.125. The predicted molar refractivity (Wildman–Crippen MR) is 89.8 cm³/mol. The summed E-state index contributed by atoms with van der Waals surface area (Å²) in [4.78, 5) is 4.55. The first kappa shape index (κ1) is 18.0. The summed E-state index contributed by atoms with van der Waals surface area (Å²) in [6.07, 6.45) is 6.29. The third-order valence-electron chi connectivity index (χ3n) is 3.48. The molecule has 0 saturated carbocycles. The second kappa shape index (κ2) is 9.04. The maximum atomic E-state index is 5.74. The molecule has 0 spiro atoms. The summed E-state index contributed by atoms with van der Waals surface area (Å²) in [5.41, 5.74) is 2.41. The quantitative estimate of drug-likeness (QED) is 0.674. The molecular weight excluding hydrogens is 260 g/mol. The second-order valence-corrected chi connectivity index (χ2v) is 6.76. The lowest BCUT2D eigenvalue weighted by Crippen LogP contribution is -2.35. The number of hydrogen-bond donors (Lipinski definition) is 1. The van der Waals surface area contributed by atoms with E-state index in [9.17, 15) is 0 Å². The fourth-order valence-corrected chi connectivity index (χ4v) is 2.08. The van der Waals surface area contributed by atoms with E-state index in [-0.39, 0.29) is 5.54 Å². The van der Waals surface area contributed by atoms with Gasteiger partial charge < -0.3 is 10.1 Å². The Morgan fingerprint density at radius 1 is 1.10 bits per heavy atom. The molecule has 0 aliphatic rings. The zero-order chi connectivity index (χ0) is 15.7. The second-order valence-electron chi connectivity index (χ2n) is 6.76. The molecule has 0 saturated heterocycles. The summed E-state index contributed by atoms with van der Waals surface area (Å²) in [6.45, 7) is 12.4. The number of nitrogens with zero attached hydrogens (tertiary/aromatic N) is 1. The van der Waals surface area contributed by atoms with Crippen molar-refractivity contribution in [3.8, 4) is 5.88 Å². The topological polar surface area (TPSA) is 34.1 Å². The standard InChI is InChI=1S/C18H32N2O/c1-6-7-8-9-10-13-21-17-12-11-16(15(2)20-17)14-19-18(3,4)5/h11-12,19H,6-10,13-14H2,1-5H3. The van der Waals surface area contributed by atoms with E-state index < -0.39 is 0 Å². The normalized spacial score (nSPS) is 11.7. The van der Waals surface area contributed by atoms with E-state index in [1.165, 1.54) is 31.2 Å². The molecule has 3 heteroatoms. The molecule has 3 nitrogen and oxygen atoms in total. The van der Waals surface area contributed by atoms with Crippen LogP contribution in [0.5, 0.6) is 5.88 Å². The Balaban J connectivity index is 2.36. The van der Waals surface area contributed by atoms with E-state index in [0.717, 1.165) is 31.1 Å². The first-order chi connectivity index (χ1) is 9.92. The molecule has 120 valence electrons. The zero-order valence-corrected chi connectivity index (χ0v) is 14.5. The maximum absolute atomic E-state index is 5.74. The molecule has 0 aliphatic heterocycles. The van der Waals surface area contributed by atoms with Gasteiger partial charge in [0.05, 0.1) is 6.61 Å². The molecule has 0 amide bonds.